The summed E-state index contributed by atoms with van der Waals surface area (Å²) < 4.78 is 5.99. The molecule has 2 rings (SSSR count). The molecule has 0 fully saturated rings. The van der Waals surface area contributed by atoms with Gasteiger partial charge in [-0.25, -0.2) is 0 Å². The van der Waals surface area contributed by atoms with Crippen molar-refractivity contribution in [3.05, 3.63) is 59.2 Å². The van der Waals surface area contributed by atoms with Crippen LogP contribution in [0.15, 0.2) is 42.5 Å². The fourth-order valence-electron chi connectivity index (χ4n) is 2.13. The van der Waals surface area contributed by atoms with Crippen LogP contribution in [-0.2, 0) is 11.3 Å². The Labute approximate surface area is 130 Å². The largest absolute Gasteiger partial charge is 0.456 e. The molecule has 3 heteroatoms. The van der Waals surface area contributed by atoms with Gasteiger partial charge in [-0.3, -0.25) is 0 Å². The smallest absolute Gasteiger partial charge is 0.145 e. The van der Waals surface area contributed by atoms with Gasteiger partial charge >= 0.3 is 0 Å². The van der Waals surface area contributed by atoms with E-state index in [0.29, 0.717) is 17.2 Å². The summed E-state index contributed by atoms with van der Waals surface area (Å²) in [6, 6.07) is 15.5. The van der Waals surface area contributed by atoms with E-state index in [2.05, 4.69) is 32.9 Å². The van der Waals surface area contributed by atoms with Gasteiger partial charge in [0.15, 0.2) is 0 Å². The molecule has 2 aromatic rings. The molecule has 2 aromatic carbocycles. The third kappa shape index (κ3) is 3.56. The minimum absolute atomic E-state index is 0.0283. The number of nitrogens with zero attached hydrogens (tertiary/aromatic N) is 1. The molecule has 0 aromatic heterocycles. The van der Waals surface area contributed by atoms with E-state index in [9.17, 15) is 5.26 Å². The van der Waals surface area contributed by atoms with Crippen molar-refractivity contribution >= 4 is 11.6 Å². The van der Waals surface area contributed by atoms with E-state index < -0.39 is 0 Å². The molecule has 0 aliphatic carbocycles. The molecule has 0 radical (unpaired) electrons. The maximum atomic E-state index is 9.27. The van der Waals surface area contributed by atoms with Gasteiger partial charge < -0.3 is 4.74 Å². The van der Waals surface area contributed by atoms with Crippen molar-refractivity contribution in [2.45, 2.75) is 32.1 Å². The highest BCUT2D eigenvalue weighted by atomic mass is 35.5. The molecule has 0 atom stereocenters. The fraction of sp³-hybridized carbons (Fsp3) is 0.278. The molecule has 108 valence electrons. The van der Waals surface area contributed by atoms with Gasteiger partial charge in [0.25, 0.3) is 0 Å². The van der Waals surface area contributed by atoms with Crippen LogP contribution < -0.4 is 4.74 Å². The number of para-hydroxylation sites is 1. The van der Waals surface area contributed by atoms with Gasteiger partial charge in [-0.1, -0.05) is 45.0 Å². The normalized spacial score (nSPS) is 11.0. The average Bonchev–Trinajstić information content (AvgIpc) is 2.47. The van der Waals surface area contributed by atoms with Gasteiger partial charge in [0.2, 0.25) is 0 Å². The number of alkyl halides is 1. The zero-order valence-corrected chi connectivity index (χ0v) is 13.2. The number of benzene rings is 2. The lowest BCUT2D eigenvalue weighted by Crippen LogP contribution is -2.12. The first-order chi connectivity index (χ1) is 9.95. The molecule has 0 heterocycles. The van der Waals surface area contributed by atoms with E-state index in [1.807, 2.05) is 24.3 Å². The summed E-state index contributed by atoms with van der Waals surface area (Å²) in [6.07, 6.45) is 0. The highest BCUT2D eigenvalue weighted by Crippen LogP contribution is 2.35. The maximum Gasteiger partial charge on any atom is 0.145 e. The molecule has 0 N–H and O–H groups in total. The van der Waals surface area contributed by atoms with E-state index in [0.717, 1.165) is 16.9 Å². The molecule has 0 bridgehead atoms. The first-order valence-corrected chi connectivity index (χ1v) is 7.35. The monoisotopic (exact) mass is 299 g/mol. The van der Waals surface area contributed by atoms with Crippen LogP contribution in [0.4, 0.5) is 0 Å². The zero-order chi connectivity index (χ0) is 15.5. The van der Waals surface area contributed by atoms with Crippen LogP contribution in [-0.4, -0.2) is 0 Å². The number of ether oxygens (including phenoxy) is 1. The Hall–Kier alpha value is -1.98. The molecular formula is C18H18ClNO. The van der Waals surface area contributed by atoms with Crippen molar-refractivity contribution in [2.24, 2.45) is 0 Å². The van der Waals surface area contributed by atoms with Gasteiger partial charge in [-0.05, 0) is 29.2 Å². The standard InChI is InChI=1S/C18H18ClNO/c1-18(2,3)15-6-4-5-7-17(15)21-16-9-8-13(11-19)10-14(16)12-20/h4-10H,11H2,1-3H3. The predicted molar refractivity (Wildman–Crippen MR) is 85.9 cm³/mol. The summed E-state index contributed by atoms with van der Waals surface area (Å²) in [5.41, 5.74) is 2.48. The molecule has 0 spiro atoms. The number of halogens is 1. The van der Waals surface area contributed by atoms with Crippen molar-refractivity contribution in [3.8, 4) is 17.6 Å². The Morgan fingerprint density at radius 3 is 2.43 bits per heavy atom. The summed E-state index contributed by atoms with van der Waals surface area (Å²) >= 11 is 5.80. The van der Waals surface area contributed by atoms with E-state index in [-0.39, 0.29) is 5.41 Å². The molecule has 0 saturated heterocycles. The average molecular weight is 300 g/mol. The van der Waals surface area contributed by atoms with Gasteiger partial charge in [0.05, 0.1) is 5.56 Å². The van der Waals surface area contributed by atoms with E-state index in [1.54, 1.807) is 12.1 Å². The Bertz CT molecular complexity index is 680. The lowest BCUT2D eigenvalue weighted by atomic mass is 9.86. The summed E-state index contributed by atoms with van der Waals surface area (Å²) in [4.78, 5) is 0. The second-order valence-electron chi connectivity index (χ2n) is 5.92. The Balaban J connectivity index is 2.42. The minimum Gasteiger partial charge on any atom is -0.456 e. The Morgan fingerprint density at radius 1 is 1.10 bits per heavy atom. The molecular weight excluding hydrogens is 282 g/mol. The number of hydrogen-bond donors (Lipinski definition) is 0. The van der Waals surface area contributed by atoms with Gasteiger partial charge in [0.1, 0.15) is 17.6 Å². The summed E-state index contributed by atoms with van der Waals surface area (Å²) in [5, 5.41) is 9.27. The summed E-state index contributed by atoms with van der Waals surface area (Å²) in [5.74, 6) is 1.72. The van der Waals surface area contributed by atoms with Crippen molar-refractivity contribution in [1.29, 1.82) is 5.26 Å². The van der Waals surface area contributed by atoms with E-state index >= 15 is 0 Å². The molecule has 0 amide bonds. The van der Waals surface area contributed by atoms with Crippen LogP contribution in [0.2, 0.25) is 0 Å². The van der Waals surface area contributed by atoms with Crippen LogP contribution in [0.1, 0.15) is 37.5 Å². The lowest BCUT2D eigenvalue weighted by Gasteiger charge is -2.22. The third-order valence-electron chi connectivity index (χ3n) is 3.23. The van der Waals surface area contributed by atoms with Crippen molar-refractivity contribution in [2.75, 3.05) is 0 Å². The zero-order valence-electron chi connectivity index (χ0n) is 12.5. The van der Waals surface area contributed by atoms with Crippen molar-refractivity contribution in [3.63, 3.8) is 0 Å². The van der Waals surface area contributed by atoms with Crippen LogP contribution in [0.5, 0.6) is 11.5 Å². The topological polar surface area (TPSA) is 33.0 Å². The van der Waals surface area contributed by atoms with Gasteiger partial charge in [-0.2, -0.15) is 5.26 Å². The number of nitriles is 1. The molecule has 2 nitrogen and oxygen atoms in total. The van der Waals surface area contributed by atoms with Gasteiger partial charge in [-0.15, -0.1) is 11.6 Å². The van der Waals surface area contributed by atoms with E-state index in [4.69, 9.17) is 16.3 Å². The Morgan fingerprint density at radius 2 is 1.81 bits per heavy atom. The Kier molecular flexibility index (Phi) is 4.55. The fourth-order valence-corrected chi connectivity index (χ4v) is 2.30. The summed E-state index contributed by atoms with van der Waals surface area (Å²) in [6.45, 7) is 6.41. The first-order valence-electron chi connectivity index (χ1n) is 6.82. The molecule has 0 aliphatic rings. The second kappa shape index (κ2) is 6.20. The van der Waals surface area contributed by atoms with Gasteiger partial charge in [0, 0.05) is 11.4 Å². The molecule has 0 unspecified atom stereocenters. The highest BCUT2D eigenvalue weighted by molar-refractivity contribution is 6.17. The highest BCUT2D eigenvalue weighted by Gasteiger charge is 2.19. The SMILES string of the molecule is CC(C)(C)c1ccccc1Oc1ccc(CCl)cc1C#N. The molecule has 0 saturated carbocycles. The maximum absolute atomic E-state index is 9.27. The minimum atomic E-state index is -0.0283. The van der Waals surface area contributed by atoms with Crippen LogP contribution in [0.25, 0.3) is 0 Å². The second-order valence-corrected chi connectivity index (χ2v) is 6.19. The predicted octanol–water partition coefficient (Wildman–Crippen LogP) is 5.39. The van der Waals surface area contributed by atoms with Crippen LogP contribution in [0, 0.1) is 11.3 Å². The summed E-state index contributed by atoms with van der Waals surface area (Å²) in [7, 11) is 0. The number of hydrogen-bond acceptors (Lipinski definition) is 2. The van der Waals surface area contributed by atoms with Crippen LogP contribution in [0.3, 0.4) is 0 Å². The van der Waals surface area contributed by atoms with Crippen LogP contribution >= 0.6 is 11.6 Å². The van der Waals surface area contributed by atoms with E-state index in [1.165, 1.54) is 0 Å². The first kappa shape index (κ1) is 15.4. The molecule has 21 heavy (non-hydrogen) atoms. The quantitative estimate of drug-likeness (QED) is 0.712. The molecule has 0 aliphatic heterocycles. The lowest BCUT2D eigenvalue weighted by molar-refractivity contribution is 0.454. The number of rotatable bonds is 3. The van der Waals surface area contributed by atoms with Crippen molar-refractivity contribution < 1.29 is 4.74 Å². The third-order valence-corrected chi connectivity index (χ3v) is 3.54. The van der Waals surface area contributed by atoms with Crippen molar-refractivity contribution in [1.82, 2.24) is 0 Å².